The molecule has 2 aromatic carbocycles. The van der Waals surface area contributed by atoms with Crippen LogP contribution in [0.4, 0.5) is 8.78 Å². The molecule has 0 spiro atoms. The van der Waals surface area contributed by atoms with E-state index in [1.807, 2.05) is 6.07 Å². The fourth-order valence-corrected chi connectivity index (χ4v) is 2.92. The maximum atomic E-state index is 13.2. The van der Waals surface area contributed by atoms with Crippen LogP contribution in [0.15, 0.2) is 54.6 Å². The van der Waals surface area contributed by atoms with Gasteiger partial charge in [-0.3, -0.25) is 0 Å². The summed E-state index contributed by atoms with van der Waals surface area (Å²) in [6.07, 6.45) is 2.89. The van der Waals surface area contributed by atoms with Gasteiger partial charge in [-0.1, -0.05) is 54.6 Å². The maximum Gasteiger partial charge on any atom is 0.251 e. The van der Waals surface area contributed by atoms with E-state index in [2.05, 4.69) is 49.4 Å². The predicted molar refractivity (Wildman–Crippen MR) is 87.2 cm³/mol. The smallest absolute Gasteiger partial charge is 0.207 e. The summed E-state index contributed by atoms with van der Waals surface area (Å²) in [5.41, 5.74) is 5.99. The third kappa shape index (κ3) is 3.44. The first-order valence-electron chi connectivity index (χ1n) is 7.74. The molecule has 0 saturated heterocycles. The summed E-state index contributed by atoms with van der Waals surface area (Å²) in [7, 11) is 0. The Kier molecular flexibility index (Phi) is 4.10. The average molecular weight is 298 g/mol. The molecule has 1 aliphatic carbocycles. The topological polar surface area (TPSA) is 0 Å². The number of halogens is 2. The lowest BCUT2D eigenvalue weighted by Gasteiger charge is -2.21. The molecule has 0 aromatic heterocycles. The molecule has 0 atom stereocenters. The molecule has 0 heterocycles. The molecule has 0 radical (unpaired) electrons. The first-order chi connectivity index (χ1) is 10.5. The molecule has 1 aliphatic rings. The monoisotopic (exact) mass is 298 g/mol. The Hall–Kier alpha value is -1.96. The van der Waals surface area contributed by atoms with Crippen molar-refractivity contribution >= 4 is 5.57 Å². The Balaban J connectivity index is 1.74. The Morgan fingerprint density at radius 2 is 1.73 bits per heavy atom. The van der Waals surface area contributed by atoms with Crippen LogP contribution in [0.3, 0.4) is 0 Å². The van der Waals surface area contributed by atoms with Crippen LogP contribution in [0.5, 0.6) is 0 Å². The number of hydrogen-bond donors (Lipinski definition) is 0. The molecule has 0 N–H and O–H groups in total. The molecule has 0 saturated carbocycles. The number of rotatable bonds is 3. The normalized spacial score (nSPS) is 17.1. The highest BCUT2D eigenvalue weighted by atomic mass is 19.3. The number of hydrogen-bond acceptors (Lipinski definition) is 0. The number of allylic oxidation sites excluding steroid dienone is 2. The lowest BCUT2D eigenvalue weighted by atomic mass is 9.90. The van der Waals surface area contributed by atoms with Crippen LogP contribution in [0.25, 0.3) is 5.57 Å². The van der Waals surface area contributed by atoms with E-state index in [9.17, 15) is 8.78 Å². The van der Waals surface area contributed by atoms with E-state index in [1.165, 1.54) is 16.7 Å². The van der Waals surface area contributed by atoms with E-state index in [-0.39, 0.29) is 12.8 Å². The van der Waals surface area contributed by atoms with Gasteiger partial charge in [0.1, 0.15) is 0 Å². The molecular weight excluding hydrogens is 278 g/mol. The highest BCUT2D eigenvalue weighted by molar-refractivity contribution is 5.66. The SMILES string of the molecule is Cc1ccccc1Cc1ccc(C2=CCC(F)(F)CC2)cc1. The van der Waals surface area contributed by atoms with Crippen molar-refractivity contribution in [1.29, 1.82) is 0 Å². The van der Waals surface area contributed by atoms with Crippen LogP contribution >= 0.6 is 0 Å². The first kappa shape index (κ1) is 15.0. The van der Waals surface area contributed by atoms with Crippen molar-refractivity contribution in [2.45, 2.75) is 38.5 Å². The number of benzene rings is 2. The first-order valence-corrected chi connectivity index (χ1v) is 7.74. The molecule has 0 unspecified atom stereocenters. The summed E-state index contributed by atoms with van der Waals surface area (Å²) in [6.45, 7) is 2.12. The molecule has 0 aliphatic heterocycles. The molecule has 3 rings (SSSR count). The second-order valence-electron chi connectivity index (χ2n) is 6.09. The van der Waals surface area contributed by atoms with E-state index in [1.54, 1.807) is 6.08 Å². The van der Waals surface area contributed by atoms with Crippen LogP contribution in [0, 0.1) is 6.92 Å². The van der Waals surface area contributed by atoms with E-state index in [4.69, 9.17) is 0 Å². The Morgan fingerprint density at radius 1 is 1.00 bits per heavy atom. The molecule has 2 aromatic rings. The molecule has 2 heteroatoms. The third-order valence-electron chi connectivity index (χ3n) is 4.39. The van der Waals surface area contributed by atoms with E-state index in [0.29, 0.717) is 6.42 Å². The summed E-state index contributed by atoms with van der Waals surface area (Å²) in [5, 5.41) is 0. The van der Waals surface area contributed by atoms with Crippen LogP contribution < -0.4 is 0 Å². The zero-order valence-electron chi connectivity index (χ0n) is 12.8. The van der Waals surface area contributed by atoms with Gasteiger partial charge in [0, 0.05) is 12.8 Å². The zero-order valence-corrected chi connectivity index (χ0v) is 12.8. The predicted octanol–water partition coefficient (Wildman–Crippen LogP) is 5.79. The number of alkyl halides is 2. The van der Waals surface area contributed by atoms with Gasteiger partial charge in [-0.15, -0.1) is 0 Å². The molecular formula is C20H20F2. The van der Waals surface area contributed by atoms with Gasteiger partial charge >= 0.3 is 0 Å². The summed E-state index contributed by atoms with van der Waals surface area (Å²) in [4.78, 5) is 0. The highest BCUT2D eigenvalue weighted by Gasteiger charge is 2.30. The van der Waals surface area contributed by atoms with Crippen molar-refractivity contribution in [3.63, 3.8) is 0 Å². The largest absolute Gasteiger partial charge is 0.251 e. The lowest BCUT2D eigenvalue weighted by Crippen LogP contribution is -2.18. The minimum atomic E-state index is -2.52. The summed E-state index contributed by atoms with van der Waals surface area (Å²) in [5.74, 6) is -2.52. The summed E-state index contributed by atoms with van der Waals surface area (Å²) >= 11 is 0. The maximum absolute atomic E-state index is 13.2. The van der Waals surface area contributed by atoms with Crippen molar-refractivity contribution in [3.8, 4) is 0 Å². The minimum absolute atomic E-state index is 0.0379. The fourth-order valence-electron chi connectivity index (χ4n) is 2.92. The quantitative estimate of drug-likeness (QED) is 0.673. The molecule has 0 fully saturated rings. The molecule has 0 amide bonds. The second-order valence-corrected chi connectivity index (χ2v) is 6.09. The molecule has 114 valence electrons. The Morgan fingerprint density at radius 3 is 2.36 bits per heavy atom. The highest BCUT2D eigenvalue weighted by Crippen LogP contribution is 2.36. The van der Waals surface area contributed by atoms with Gasteiger partial charge < -0.3 is 0 Å². The van der Waals surface area contributed by atoms with Crippen molar-refractivity contribution in [3.05, 3.63) is 76.9 Å². The Bertz CT molecular complexity index is 681. The lowest BCUT2D eigenvalue weighted by molar-refractivity contribution is -0.00602. The van der Waals surface area contributed by atoms with Gasteiger partial charge in [-0.2, -0.15) is 0 Å². The van der Waals surface area contributed by atoms with Gasteiger partial charge in [0.15, 0.2) is 0 Å². The third-order valence-corrected chi connectivity index (χ3v) is 4.39. The fraction of sp³-hybridized carbons (Fsp3) is 0.300. The van der Waals surface area contributed by atoms with Crippen LogP contribution in [0.2, 0.25) is 0 Å². The molecule has 0 bridgehead atoms. The molecule has 0 nitrogen and oxygen atoms in total. The second kappa shape index (κ2) is 6.04. The van der Waals surface area contributed by atoms with Crippen molar-refractivity contribution in [1.82, 2.24) is 0 Å². The van der Waals surface area contributed by atoms with Crippen LogP contribution in [-0.2, 0) is 6.42 Å². The van der Waals surface area contributed by atoms with Gasteiger partial charge in [0.2, 0.25) is 0 Å². The van der Waals surface area contributed by atoms with E-state index < -0.39 is 5.92 Å². The zero-order chi connectivity index (χ0) is 15.6. The van der Waals surface area contributed by atoms with Crippen molar-refractivity contribution < 1.29 is 8.78 Å². The average Bonchev–Trinajstić information content (AvgIpc) is 2.51. The van der Waals surface area contributed by atoms with E-state index in [0.717, 1.165) is 17.6 Å². The van der Waals surface area contributed by atoms with Gasteiger partial charge in [0.05, 0.1) is 0 Å². The van der Waals surface area contributed by atoms with Gasteiger partial charge in [-0.05, 0) is 47.6 Å². The van der Waals surface area contributed by atoms with Gasteiger partial charge in [-0.25, -0.2) is 8.78 Å². The van der Waals surface area contributed by atoms with Crippen LogP contribution in [0.1, 0.15) is 41.5 Å². The van der Waals surface area contributed by atoms with Gasteiger partial charge in [0.25, 0.3) is 5.92 Å². The van der Waals surface area contributed by atoms with Crippen molar-refractivity contribution in [2.24, 2.45) is 0 Å². The van der Waals surface area contributed by atoms with Crippen molar-refractivity contribution in [2.75, 3.05) is 0 Å². The summed E-state index contributed by atoms with van der Waals surface area (Å²) in [6, 6.07) is 16.7. The summed E-state index contributed by atoms with van der Waals surface area (Å²) < 4.78 is 26.4. The Labute approximate surface area is 130 Å². The molecule has 22 heavy (non-hydrogen) atoms. The van der Waals surface area contributed by atoms with Crippen LogP contribution in [-0.4, -0.2) is 5.92 Å². The standard InChI is InChI=1S/C20H20F2/c1-15-4-2-3-5-19(15)14-16-6-8-17(9-7-16)18-10-12-20(21,22)13-11-18/h2-10H,11-14H2,1H3. The minimum Gasteiger partial charge on any atom is -0.207 e. The van der Waals surface area contributed by atoms with E-state index >= 15 is 0 Å². The number of aryl methyl sites for hydroxylation is 1.